The van der Waals surface area contributed by atoms with E-state index in [9.17, 15) is 0 Å². The molecule has 2 aromatic rings. The van der Waals surface area contributed by atoms with Crippen molar-refractivity contribution in [3.05, 3.63) is 38.4 Å². The van der Waals surface area contributed by atoms with Gasteiger partial charge in [-0.05, 0) is 41.4 Å². The highest BCUT2D eigenvalue weighted by atomic mass is 79.9. The molecule has 0 saturated carbocycles. The van der Waals surface area contributed by atoms with E-state index in [-0.39, 0.29) is 0 Å². The molecule has 94 valence electrons. The highest BCUT2D eigenvalue weighted by molar-refractivity contribution is 9.11. The van der Waals surface area contributed by atoms with Crippen LogP contribution in [0.15, 0.2) is 27.1 Å². The van der Waals surface area contributed by atoms with Crippen molar-refractivity contribution < 1.29 is 0 Å². The number of aryl methyl sites for hydroxylation is 2. The molecular weight excluding hydrogens is 358 g/mol. The van der Waals surface area contributed by atoms with Crippen LogP contribution in [0.1, 0.15) is 11.3 Å². The third-order valence-corrected chi connectivity index (χ3v) is 4.49. The highest BCUT2D eigenvalue weighted by Gasteiger charge is 2.10. The molecule has 0 aliphatic rings. The SMILES string of the molecule is CNc1nc(-c2ccc(C)c(Br)c2)nc(C)c1Br. The maximum atomic E-state index is 4.50. The molecule has 3 nitrogen and oxygen atoms in total. The fourth-order valence-corrected chi connectivity index (χ4v) is 2.34. The second-order valence-electron chi connectivity index (χ2n) is 4.01. The summed E-state index contributed by atoms with van der Waals surface area (Å²) in [5.41, 5.74) is 3.11. The van der Waals surface area contributed by atoms with Crippen LogP contribution < -0.4 is 5.32 Å². The number of halogens is 2. The zero-order chi connectivity index (χ0) is 13.3. The Balaban J connectivity index is 2.57. The third kappa shape index (κ3) is 2.57. The Morgan fingerprint density at radius 2 is 1.83 bits per heavy atom. The maximum absolute atomic E-state index is 4.50. The van der Waals surface area contributed by atoms with Crippen LogP contribution in [-0.4, -0.2) is 17.0 Å². The van der Waals surface area contributed by atoms with Gasteiger partial charge in [0.25, 0.3) is 0 Å². The summed E-state index contributed by atoms with van der Waals surface area (Å²) in [4.78, 5) is 9.01. The minimum atomic E-state index is 0.723. The lowest BCUT2D eigenvalue weighted by Gasteiger charge is -2.09. The van der Waals surface area contributed by atoms with Crippen molar-refractivity contribution in [2.45, 2.75) is 13.8 Å². The summed E-state index contributed by atoms with van der Waals surface area (Å²) in [5, 5.41) is 3.06. The molecule has 5 heteroatoms. The topological polar surface area (TPSA) is 37.8 Å². The van der Waals surface area contributed by atoms with Gasteiger partial charge in [-0.1, -0.05) is 28.1 Å². The lowest BCUT2D eigenvalue weighted by atomic mass is 10.1. The first-order valence-electron chi connectivity index (χ1n) is 5.51. The van der Waals surface area contributed by atoms with Gasteiger partial charge in [0.2, 0.25) is 0 Å². The molecular formula is C13H13Br2N3. The minimum absolute atomic E-state index is 0.723. The Kier molecular flexibility index (Phi) is 4.02. The molecule has 18 heavy (non-hydrogen) atoms. The van der Waals surface area contributed by atoms with Crippen molar-refractivity contribution >= 4 is 37.7 Å². The van der Waals surface area contributed by atoms with E-state index in [1.54, 1.807) is 0 Å². The maximum Gasteiger partial charge on any atom is 0.161 e. The van der Waals surface area contributed by atoms with Crippen molar-refractivity contribution in [3.63, 3.8) is 0 Å². The first kappa shape index (κ1) is 13.5. The van der Waals surface area contributed by atoms with Crippen LogP contribution in [0.3, 0.4) is 0 Å². The zero-order valence-corrected chi connectivity index (χ0v) is 13.6. The molecule has 0 saturated heterocycles. The lowest BCUT2D eigenvalue weighted by molar-refractivity contribution is 1.09. The molecule has 1 aromatic heterocycles. The first-order chi connectivity index (χ1) is 8.52. The second kappa shape index (κ2) is 5.36. The lowest BCUT2D eigenvalue weighted by Crippen LogP contribution is -2.00. The van der Waals surface area contributed by atoms with Gasteiger partial charge in [0.05, 0.1) is 10.2 Å². The minimum Gasteiger partial charge on any atom is -0.372 e. The third-order valence-electron chi connectivity index (χ3n) is 2.68. The van der Waals surface area contributed by atoms with E-state index in [2.05, 4.69) is 60.1 Å². The van der Waals surface area contributed by atoms with E-state index in [0.717, 1.165) is 31.8 Å². The molecule has 0 atom stereocenters. The van der Waals surface area contributed by atoms with Gasteiger partial charge in [-0.3, -0.25) is 0 Å². The summed E-state index contributed by atoms with van der Waals surface area (Å²) >= 11 is 7.01. The second-order valence-corrected chi connectivity index (χ2v) is 5.66. The number of nitrogens with zero attached hydrogens (tertiary/aromatic N) is 2. The molecule has 1 heterocycles. The molecule has 0 aliphatic carbocycles. The quantitative estimate of drug-likeness (QED) is 0.854. The number of nitrogens with one attached hydrogen (secondary N) is 1. The van der Waals surface area contributed by atoms with Crippen molar-refractivity contribution in [3.8, 4) is 11.4 Å². The molecule has 0 amide bonds. The van der Waals surface area contributed by atoms with E-state index < -0.39 is 0 Å². The number of aromatic nitrogens is 2. The van der Waals surface area contributed by atoms with Crippen molar-refractivity contribution in [1.82, 2.24) is 9.97 Å². The molecule has 1 N–H and O–H groups in total. The van der Waals surface area contributed by atoms with Gasteiger partial charge in [0.15, 0.2) is 5.82 Å². The summed E-state index contributed by atoms with van der Waals surface area (Å²) < 4.78 is 1.97. The van der Waals surface area contributed by atoms with Crippen LogP contribution in [0.2, 0.25) is 0 Å². The largest absolute Gasteiger partial charge is 0.372 e. The van der Waals surface area contributed by atoms with Crippen molar-refractivity contribution in [1.29, 1.82) is 0 Å². The monoisotopic (exact) mass is 369 g/mol. The molecule has 0 spiro atoms. The number of hydrogen-bond donors (Lipinski definition) is 1. The predicted molar refractivity (Wildman–Crippen MR) is 81.9 cm³/mol. The van der Waals surface area contributed by atoms with Gasteiger partial charge < -0.3 is 5.32 Å². The van der Waals surface area contributed by atoms with Crippen LogP contribution in [0.25, 0.3) is 11.4 Å². The zero-order valence-electron chi connectivity index (χ0n) is 10.4. The first-order valence-corrected chi connectivity index (χ1v) is 7.10. The number of anilines is 1. The predicted octanol–water partition coefficient (Wildman–Crippen LogP) is 4.33. The summed E-state index contributed by atoms with van der Waals surface area (Å²) in [6, 6.07) is 6.12. The van der Waals surface area contributed by atoms with Gasteiger partial charge >= 0.3 is 0 Å². The Bertz CT molecular complexity index is 597. The molecule has 0 bridgehead atoms. The van der Waals surface area contributed by atoms with Crippen LogP contribution in [0, 0.1) is 13.8 Å². The van der Waals surface area contributed by atoms with Gasteiger partial charge in [-0.2, -0.15) is 0 Å². The average Bonchev–Trinajstić information content (AvgIpc) is 2.36. The molecule has 0 aliphatic heterocycles. The Labute approximate surface area is 123 Å². The average molecular weight is 371 g/mol. The normalized spacial score (nSPS) is 10.5. The van der Waals surface area contributed by atoms with Gasteiger partial charge in [-0.15, -0.1) is 0 Å². The van der Waals surface area contributed by atoms with E-state index in [1.807, 2.05) is 26.1 Å². The summed E-state index contributed by atoms with van der Waals surface area (Å²) in [6.07, 6.45) is 0. The summed E-state index contributed by atoms with van der Waals surface area (Å²) in [5.74, 6) is 1.52. The Morgan fingerprint density at radius 3 is 2.44 bits per heavy atom. The van der Waals surface area contributed by atoms with Crippen LogP contribution in [0.5, 0.6) is 0 Å². The van der Waals surface area contributed by atoms with Crippen molar-refractivity contribution in [2.24, 2.45) is 0 Å². The molecule has 0 unspecified atom stereocenters. The number of rotatable bonds is 2. The fraction of sp³-hybridized carbons (Fsp3) is 0.231. The van der Waals surface area contributed by atoms with E-state index >= 15 is 0 Å². The van der Waals surface area contributed by atoms with E-state index in [1.165, 1.54) is 5.56 Å². The van der Waals surface area contributed by atoms with Crippen molar-refractivity contribution in [2.75, 3.05) is 12.4 Å². The van der Waals surface area contributed by atoms with Gasteiger partial charge in [0.1, 0.15) is 5.82 Å². The van der Waals surface area contributed by atoms with Gasteiger partial charge in [0, 0.05) is 17.1 Å². The molecule has 0 fully saturated rings. The van der Waals surface area contributed by atoms with E-state index in [0.29, 0.717) is 0 Å². The number of benzene rings is 1. The molecule has 0 radical (unpaired) electrons. The fourth-order valence-electron chi connectivity index (χ4n) is 1.59. The summed E-state index contributed by atoms with van der Waals surface area (Å²) in [6.45, 7) is 4.01. The highest BCUT2D eigenvalue weighted by Crippen LogP contribution is 2.28. The number of hydrogen-bond acceptors (Lipinski definition) is 3. The van der Waals surface area contributed by atoms with E-state index in [4.69, 9.17) is 0 Å². The molecule has 1 aromatic carbocycles. The standard InChI is InChI=1S/C13H13Br2N3/c1-7-4-5-9(6-10(7)14)12-17-8(2)11(15)13(16-3)18-12/h4-6H,1-3H3,(H,16,17,18). The van der Waals surface area contributed by atoms with Crippen LogP contribution in [-0.2, 0) is 0 Å². The summed E-state index contributed by atoms with van der Waals surface area (Å²) in [7, 11) is 1.85. The Hall–Kier alpha value is -0.940. The Morgan fingerprint density at radius 1 is 1.11 bits per heavy atom. The van der Waals surface area contributed by atoms with Gasteiger partial charge in [-0.25, -0.2) is 9.97 Å². The van der Waals surface area contributed by atoms with Crippen LogP contribution >= 0.6 is 31.9 Å². The smallest absolute Gasteiger partial charge is 0.161 e. The molecule has 2 rings (SSSR count). The van der Waals surface area contributed by atoms with Crippen LogP contribution in [0.4, 0.5) is 5.82 Å².